The van der Waals surface area contributed by atoms with E-state index in [1.165, 1.54) is 5.01 Å². The summed E-state index contributed by atoms with van der Waals surface area (Å²) in [6.07, 6.45) is 2.45. The minimum absolute atomic E-state index is 0.0885. The first-order valence-corrected chi connectivity index (χ1v) is 6.23. The summed E-state index contributed by atoms with van der Waals surface area (Å²) < 4.78 is 10.7. The molecule has 1 N–H and O–H groups in total. The van der Waals surface area contributed by atoms with Gasteiger partial charge in [-0.05, 0) is 24.1 Å². The first-order chi connectivity index (χ1) is 9.24. The highest BCUT2D eigenvalue weighted by Gasteiger charge is 2.30. The molecule has 0 aliphatic carbocycles. The van der Waals surface area contributed by atoms with Gasteiger partial charge >= 0.3 is 6.03 Å². The zero-order valence-electron chi connectivity index (χ0n) is 10.8. The van der Waals surface area contributed by atoms with Crippen LogP contribution in [0.1, 0.15) is 30.5 Å². The number of rotatable bonds is 1. The third kappa shape index (κ3) is 1.80. The minimum Gasteiger partial charge on any atom is -0.454 e. The molecule has 100 valence electrons. The van der Waals surface area contributed by atoms with Crippen LogP contribution in [0.5, 0.6) is 11.5 Å². The van der Waals surface area contributed by atoms with E-state index in [4.69, 9.17) is 9.47 Å². The van der Waals surface area contributed by atoms with Crippen LogP contribution in [0.15, 0.2) is 17.2 Å². The Morgan fingerprint density at radius 1 is 1.47 bits per heavy atom. The van der Waals surface area contributed by atoms with E-state index in [0.29, 0.717) is 0 Å². The molecule has 1 aromatic carbocycles. The predicted octanol–water partition coefficient (Wildman–Crippen LogP) is 1.86. The fourth-order valence-electron chi connectivity index (χ4n) is 2.41. The largest absolute Gasteiger partial charge is 0.454 e. The van der Waals surface area contributed by atoms with Gasteiger partial charge in [-0.2, -0.15) is 5.10 Å². The van der Waals surface area contributed by atoms with Gasteiger partial charge in [0.2, 0.25) is 6.79 Å². The van der Waals surface area contributed by atoms with E-state index < -0.39 is 0 Å². The van der Waals surface area contributed by atoms with Crippen LogP contribution in [0.2, 0.25) is 0 Å². The summed E-state index contributed by atoms with van der Waals surface area (Å²) >= 11 is 0. The zero-order valence-corrected chi connectivity index (χ0v) is 10.8. The minimum atomic E-state index is -0.216. The first kappa shape index (κ1) is 11.8. The molecule has 0 saturated carbocycles. The molecule has 3 rings (SSSR count). The second-order valence-corrected chi connectivity index (χ2v) is 4.40. The van der Waals surface area contributed by atoms with Crippen LogP contribution in [0.3, 0.4) is 0 Å². The van der Waals surface area contributed by atoms with Gasteiger partial charge in [-0.1, -0.05) is 6.92 Å². The van der Waals surface area contributed by atoms with Gasteiger partial charge in [0, 0.05) is 12.6 Å². The number of benzene rings is 1. The first-order valence-electron chi connectivity index (χ1n) is 6.23. The van der Waals surface area contributed by atoms with Gasteiger partial charge < -0.3 is 14.8 Å². The van der Waals surface area contributed by atoms with Crippen LogP contribution in [-0.4, -0.2) is 31.1 Å². The number of urea groups is 1. The number of fused-ring (bicyclic) bond motifs is 2. The SMILES string of the molecule is CCC1c2cc3c(cc2C=NN1C(=O)NC)OCO3. The Morgan fingerprint density at radius 3 is 2.89 bits per heavy atom. The number of carbonyl (C=O) groups excluding carboxylic acids is 1. The molecule has 0 fully saturated rings. The number of hydrogen-bond donors (Lipinski definition) is 1. The summed E-state index contributed by atoms with van der Waals surface area (Å²) in [5, 5.41) is 8.28. The molecular formula is C13H15N3O3. The van der Waals surface area contributed by atoms with E-state index in [2.05, 4.69) is 10.4 Å². The summed E-state index contributed by atoms with van der Waals surface area (Å²) in [5.41, 5.74) is 2.00. The molecule has 0 bridgehead atoms. The van der Waals surface area contributed by atoms with Gasteiger partial charge in [-0.3, -0.25) is 0 Å². The molecular weight excluding hydrogens is 246 g/mol. The van der Waals surface area contributed by atoms with Crippen LogP contribution < -0.4 is 14.8 Å². The molecule has 1 unspecified atom stereocenters. The van der Waals surface area contributed by atoms with Crippen LogP contribution in [0.4, 0.5) is 4.79 Å². The monoisotopic (exact) mass is 261 g/mol. The molecule has 2 amide bonds. The fourth-order valence-corrected chi connectivity index (χ4v) is 2.41. The maximum absolute atomic E-state index is 11.8. The van der Waals surface area contributed by atoms with E-state index in [-0.39, 0.29) is 18.9 Å². The Morgan fingerprint density at radius 2 is 2.21 bits per heavy atom. The number of hydrogen-bond acceptors (Lipinski definition) is 4. The molecule has 2 heterocycles. The van der Waals surface area contributed by atoms with Crippen LogP contribution in [0.25, 0.3) is 0 Å². The average molecular weight is 261 g/mol. The smallest absolute Gasteiger partial charge is 0.338 e. The van der Waals surface area contributed by atoms with E-state index in [0.717, 1.165) is 29.0 Å². The lowest BCUT2D eigenvalue weighted by Crippen LogP contribution is -2.38. The van der Waals surface area contributed by atoms with Gasteiger partial charge in [0.1, 0.15) is 0 Å². The van der Waals surface area contributed by atoms with Gasteiger partial charge in [0.15, 0.2) is 11.5 Å². The lowest BCUT2D eigenvalue weighted by Gasteiger charge is -2.30. The van der Waals surface area contributed by atoms with Crippen molar-refractivity contribution in [3.63, 3.8) is 0 Å². The number of nitrogens with zero attached hydrogens (tertiary/aromatic N) is 2. The van der Waals surface area contributed by atoms with Crippen molar-refractivity contribution in [1.82, 2.24) is 10.3 Å². The Labute approximate surface area is 111 Å². The Balaban J connectivity index is 2.05. The normalized spacial score (nSPS) is 19.3. The zero-order chi connectivity index (χ0) is 13.4. The molecule has 6 nitrogen and oxygen atoms in total. The van der Waals surface area contributed by atoms with E-state index in [9.17, 15) is 4.79 Å². The molecule has 0 aromatic heterocycles. The molecule has 1 atom stereocenters. The number of ether oxygens (including phenoxy) is 2. The lowest BCUT2D eigenvalue weighted by atomic mass is 9.96. The highest BCUT2D eigenvalue weighted by molar-refractivity contribution is 5.87. The molecule has 19 heavy (non-hydrogen) atoms. The summed E-state index contributed by atoms with van der Waals surface area (Å²) in [6.45, 7) is 2.27. The third-order valence-corrected chi connectivity index (χ3v) is 3.36. The lowest BCUT2D eigenvalue weighted by molar-refractivity contribution is 0.172. The average Bonchev–Trinajstić information content (AvgIpc) is 2.89. The maximum atomic E-state index is 11.8. The van der Waals surface area contributed by atoms with Gasteiger partial charge in [-0.25, -0.2) is 9.80 Å². The molecule has 1 aromatic rings. The van der Waals surface area contributed by atoms with Gasteiger partial charge in [0.25, 0.3) is 0 Å². The summed E-state index contributed by atoms with van der Waals surface area (Å²) in [7, 11) is 1.60. The highest BCUT2D eigenvalue weighted by atomic mass is 16.7. The number of amides is 2. The number of hydrazone groups is 1. The Bertz CT molecular complexity index is 556. The molecule has 0 saturated heterocycles. The van der Waals surface area contributed by atoms with Crippen molar-refractivity contribution in [3.8, 4) is 11.5 Å². The molecule has 6 heteroatoms. The summed E-state index contributed by atoms with van der Waals surface area (Å²) in [6, 6.07) is 3.54. The topological polar surface area (TPSA) is 63.2 Å². The van der Waals surface area contributed by atoms with Crippen molar-refractivity contribution in [3.05, 3.63) is 23.3 Å². The Hall–Kier alpha value is -2.24. The van der Waals surface area contributed by atoms with Crippen molar-refractivity contribution >= 4 is 12.2 Å². The Kier molecular flexibility index (Phi) is 2.77. The highest BCUT2D eigenvalue weighted by Crippen LogP contribution is 2.40. The second-order valence-electron chi connectivity index (χ2n) is 4.40. The predicted molar refractivity (Wildman–Crippen MR) is 69.5 cm³/mol. The molecule has 0 radical (unpaired) electrons. The fraction of sp³-hybridized carbons (Fsp3) is 0.385. The van der Waals surface area contributed by atoms with Crippen molar-refractivity contribution in [1.29, 1.82) is 0 Å². The van der Waals surface area contributed by atoms with Crippen molar-refractivity contribution in [2.24, 2.45) is 5.10 Å². The quantitative estimate of drug-likeness (QED) is 0.839. The van der Waals surface area contributed by atoms with Crippen LogP contribution >= 0.6 is 0 Å². The van der Waals surface area contributed by atoms with Crippen molar-refractivity contribution < 1.29 is 14.3 Å². The van der Waals surface area contributed by atoms with Gasteiger partial charge in [0.05, 0.1) is 12.3 Å². The molecule has 2 aliphatic rings. The van der Waals surface area contributed by atoms with Crippen LogP contribution in [0, 0.1) is 0 Å². The van der Waals surface area contributed by atoms with E-state index >= 15 is 0 Å². The molecule has 0 spiro atoms. The van der Waals surface area contributed by atoms with Gasteiger partial charge in [-0.15, -0.1) is 0 Å². The van der Waals surface area contributed by atoms with E-state index in [1.54, 1.807) is 13.3 Å². The second kappa shape index (κ2) is 4.46. The number of nitrogens with one attached hydrogen (secondary N) is 1. The van der Waals surface area contributed by atoms with Crippen LogP contribution in [-0.2, 0) is 0 Å². The third-order valence-electron chi connectivity index (χ3n) is 3.36. The summed E-state index contributed by atoms with van der Waals surface area (Å²) in [4.78, 5) is 11.8. The maximum Gasteiger partial charge on any atom is 0.338 e. The molecule has 2 aliphatic heterocycles. The van der Waals surface area contributed by atoms with E-state index in [1.807, 2.05) is 19.1 Å². The summed E-state index contributed by atoms with van der Waals surface area (Å²) in [5.74, 6) is 1.46. The standard InChI is InChI=1S/C13H15N3O3/c1-3-10-9-5-12-11(18-7-19-12)4-8(9)6-15-16(10)13(17)14-2/h4-6,10H,3,7H2,1-2H3,(H,14,17). The van der Waals surface area contributed by atoms with Crippen molar-refractivity contribution in [2.75, 3.05) is 13.8 Å². The van der Waals surface area contributed by atoms with Crippen molar-refractivity contribution in [2.45, 2.75) is 19.4 Å². The number of carbonyl (C=O) groups is 1.